The molecular weight excluding hydrogens is 172 g/mol. The van der Waals surface area contributed by atoms with E-state index < -0.39 is 0 Å². The zero-order valence-corrected chi connectivity index (χ0v) is 10.0. The van der Waals surface area contributed by atoms with Gasteiger partial charge < -0.3 is 11.1 Å². The fraction of sp³-hybridized carbons (Fsp3) is 1.00. The molecule has 0 aromatic heterocycles. The summed E-state index contributed by atoms with van der Waals surface area (Å²) in [6.07, 6.45) is 9.66. The SMILES string of the molecule is CCCCCCCCCN[C@H](C)CN. The number of nitrogens with two attached hydrogens (primary N) is 1. The Bertz CT molecular complexity index is 104. The van der Waals surface area contributed by atoms with E-state index in [1.807, 2.05) is 0 Å². The second kappa shape index (κ2) is 11.0. The van der Waals surface area contributed by atoms with Crippen LogP contribution in [0.5, 0.6) is 0 Å². The van der Waals surface area contributed by atoms with Gasteiger partial charge in [0.2, 0.25) is 0 Å². The van der Waals surface area contributed by atoms with Gasteiger partial charge in [-0.15, -0.1) is 0 Å². The summed E-state index contributed by atoms with van der Waals surface area (Å²) >= 11 is 0. The van der Waals surface area contributed by atoms with Crippen molar-refractivity contribution in [2.75, 3.05) is 13.1 Å². The van der Waals surface area contributed by atoms with Gasteiger partial charge in [0.1, 0.15) is 0 Å². The second-order valence-corrected chi connectivity index (χ2v) is 4.21. The van der Waals surface area contributed by atoms with Gasteiger partial charge in [-0.2, -0.15) is 0 Å². The predicted molar refractivity (Wildman–Crippen MR) is 64.5 cm³/mol. The fourth-order valence-electron chi connectivity index (χ4n) is 1.51. The summed E-state index contributed by atoms with van der Waals surface area (Å²) in [6, 6.07) is 0.482. The molecule has 0 aliphatic rings. The van der Waals surface area contributed by atoms with E-state index in [9.17, 15) is 0 Å². The molecule has 0 aliphatic heterocycles. The Balaban J connectivity index is 2.92. The van der Waals surface area contributed by atoms with Crippen LogP contribution in [0.4, 0.5) is 0 Å². The molecular formula is C12H28N2. The lowest BCUT2D eigenvalue weighted by Gasteiger charge is -2.10. The van der Waals surface area contributed by atoms with Gasteiger partial charge in [0.25, 0.3) is 0 Å². The van der Waals surface area contributed by atoms with E-state index in [1.54, 1.807) is 0 Å². The monoisotopic (exact) mass is 200 g/mol. The van der Waals surface area contributed by atoms with Crippen molar-refractivity contribution < 1.29 is 0 Å². The van der Waals surface area contributed by atoms with Crippen molar-refractivity contribution in [3.63, 3.8) is 0 Å². The van der Waals surface area contributed by atoms with Crippen molar-refractivity contribution in [2.45, 2.75) is 64.8 Å². The predicted octanol–water partition coefficient (Wildman–Crippen LogP) is 2.67. The maximum absolute atomic E-state index is 5.51. The third-order valence-corrected chi connectivity index (χ3v) is 2.63. The first-order valence-electron chi connectivity index (χ1n) is 6.24. The van der Waals surface area contributed by atoms with E-state index in [2.05, 4.69) is 19.2 Å². The molecule has 3 N–H and O–H groups in total. The van der Waals surface area contributed by atoms with E-state index >= 15 is 0 Å². The molecule has 0 heterocycles. The van der Waals surface area contributed by atoms with Crippen molar-refractivity contribution in [1.29, 1.82) is 0 Å². The van der Waals surface area contributed by atoms with Crippen LogP contribution in [0.1, 0.15) is 58.8 Å². The summed E-state index contributed by atoms with van der Waals surface area (Å²) in [6.45, 7) is 6.28. The van der Waals surface area contributed by atoms with Crippen molar-refractivity contribution in [1.82, 2.24) is 5.32 Å². The van der Waals surface area contributed by atoms with Crippen LogP contribution < -0.4 is 11.1 Å². The Morgan fingerprint density at radius 1 is 1.00 bits per heavy atom. The number of nitrogens with one attached hydrogen (secondary N) is 1. The van der Waals surface area contributed by atoms with Gasteiger partial charge in [0, 0.05) is 12.6 Å². The maximum Gasteiger partial charge on any atom is 0.0161 e. The van der Waals surface area contributed by atoms with Crippen LogP contribution in [0.25, 0.3) is 0 Å². The number of rotatable bonds is 10. The van der Waals surface area contributed by atoms with E-state index in [0.29, 0.717) is 6.04 Å². The zero-order valence-electron chi connectivity index (χ0n) is 10.0. The van der Waals surface area contributed by atoms with Gasteiger partial charge in [-0.05, 0) is 19.9 Å². The van der Waals surface area contributed by atoms with Crippen LogP contribution in [0.15, 0.2) is 0 Å². The highest BCUT2D eigenvalue weighted by molar-refractivity contribution is 4.59. The van der Waals surface area contributed by atoms with Gasteiger partial charge in [-0.1, -0.05) is 45.4 Å². The second-order valence-electron chi connectivity index (χ2n) is 4.21. The smallest absolute Gasteiger partial charge is 0.0161 e. The topological polar surface area (TPSA) is 38.0 Å². The van der Waals surface area contributed by atoms with Crippen LogP contribution >= 0.6 is 0 Å². The van der Waals surface area contributed by atoms with Crippen LogP contribution in [0, 0.1) is 0 Å². The molecule has 0 bridgehead atoms. The number of hydrogen-bond donors (Lipinski definition) is 2. The lowest BCUT2D eigenvalue weighted by molar-refractivity contribution is 0.516. The minimum atomic E-state index is 0.482. The van der Waals surface area contributed by atoms with E-state index in [0.717, 1.165) is 13.1 Å². The fourth-order valence-corrected chi connectivity index (χ4v) is 1.51. The molecule has 0 fully saturated rings. The summed E-state index contributed by atoms with van der Waals surface area (Å²) in [5, 5.41) is 3.41. The third-order valence-electron chi connectivity index (χ3n) is 2.63. The molecule has 0 aromatic carbocycles. The summed E-state index contributed by atoms with van der Waals surface area (Å²) < 4.78 is 0. The Hall–Kier alpha value is -0.0800. The average Bonchev–Trinajstić information content (AvgIpc) is 2.21. The number of hydrogen-bond acceptors (Lipinski definition) is 2. The molecule has 2 heteroatoms. The molecule has 14 heavy (non-hydrogen) atoms. The molecule has 0 radical (unpaired) electrons. The first-order chi connectivity index (χ1) is 6.81. The molecule has 2 nitrogen and oxygen atoms in total. The molecule has 0 spiro atoms. The van der Waals surface area contributed by atoms with Crippen molar-refractivity contribution >= 4 is 0 Å². The largest absolute Gasteiger partial charge is 0.329 e. The van der Waals surface area contributed by atoms with Crippen molar-refractivity contribution in [3.8, 4) is 0 Å². The quantitative estimate of drug-likeness (QED) is 0.532. The lowest BCUT2D eigenvalue weighted by atomic mass is 10.1. The summed E-state index contributed by atoms with van der Waals surface area (Å²) in [5.74, 6) is 0. The standard InChI is InChI=1S/C12H28N2/c1-3-4-5-6-7-8-9-10-14-12(2)11-13/h12,14H,3-11,13H2,1-2H3/t12-/m1/s1. The van der Waals surface area contributed by atoms with E-state index in [-0.39, 0.29) is 0 Å². The van der Waals surface area contributed by atoms with E-state index in [1.165, 1.54) is 44.9 Å². The number of unbranched alkanes of at least 4 members (excludes halogenated alkanes) is 6. The summed E-state index contributed by atoms with van der Waals surface area (Å²) in [7, 11) is 0. The molecule has 1 atom stereocenters. The Kier molecular flexibility index (Phi) is 10.9. The molecule has 0 saturated carbocycles. The van der Waals surface area contributed by atoms with Gasteiger partial charge in [0.15, 0.2) is 0 Å². The molecule has 0 saturated heterocycles. The highest BCUT2D eigenvalue weighted by atomic mass is 14.9. The normalized spacial score (nSPS) is 13.1. The van der Waals surface area contributed by atoms with Gasteiger partial charge in [0.05, 0.1) is 0 Å². The lowest BCUT2D eigenvalue weighted by Crippen LogP contribution is -2.33. The average molecular weight is 200 g/mol. The van der Waals surface area contributed by atoms with Crippen LogP contribution in [0.3, 0.4) is 0 Å². The first-order valence-corrected chi connectivity index (χ1v) is 6.24. The van der Waals surface area contributed by atoms with Gasteiger partial charge in [-0.3, -0.25) is 0 Å². The van der Waals surface area contributed by atoms with Crippen LogP contribution in [0.2, 0.25) is 0 Å². The van der Waals surface area contributed by atoms with Gasteiger partial charge >= 0.3 is 0 Å². The van der Waals surface area contributed by atoms with E-state index in [4.69, 9.17) is 5.73 Å². The van der Waals surface area contributed by atoms with Gasteiger partial charge in [-0.25, -0.2) is 0 Å². The molecule has 86 valence electrons. The third kappa shape index (κ3) is 10.0. The zero-order chi connectivity index (χ0) is 10.6. The molecule has 0 unspecified atom stereocenters. The molecule has 0 rings (SSSR count). The highest BCUT2D eigenvalue weighted by Gasteiger charge is 1.96. The van der Waals surface area contributed by atoms with Crippen LogP contribution in [-0.4, -0.2) is 19.1 Å². The Morgan fingerprint density at radius 2 is 1.57 bits per heavy atom. The van der Waals surface area contributed by atoms with Crippen molar-refractivity contribution in [3.05, 3.63) is 0 Å². The van der Waals surface area contributed by atoms with Crippen LogP contribution in [-0.2, 0) is 0 Å². The molecule has 0 aliphatic carbocycles. The molecule has 0 amide bonds. The summed E-state index contributed by atoms with van der Waals surface area (Å²) in [4.78, 5) is 0. The first kappa shape index (κ1) is 13.9. The Labute approximate surface area is 89.6 Å². The molecule has 0 aromatic rings. The summed E-state index contributed by atoms with van der Waals surface area (Å²) in [5.41, 5.74) is 5.51. The minimum absolute atomic E-state index is 0.482. The van der Waals surface area contributed by atoms with Crippen molar-refractivity contribution in [2.24, 2.45) is 5.73 Å². The Morgan fingerprint density at radius 3 is 2.14 bits per heavy atom. The minimum Gasteiger partial charge on any atom is -0.329 e. The maximum atomic E-state index is 5.51. The highest BCUT2D eigenvalue weighted by Crippen LogP contribution is 2.06.